The Balaban J connectivity index is 0.000000516. The second-order valence-corrected chi connectivity index (χ2v) is 6.39. The fourth-order valence-electron chi connectivity index (χ4n) is 3.26. The molecule has 0 aromatic heterocycles. The van der Waals surface area contributed by atoms with Crippen LogP contribution in [0, 0.1) is 0 Å². The van der Waals surface area contributed by atoms with E-state index in [0.717, 1.165) is 58.7 Å². The Kier molecular flexibility index (Phi) is 5.59. The number of carboxylic acid groups (broad SMARTS) is 1. The normalized spacial score (nSPS) is 10.7. The van der Waals surface area contributed by atoms with E-state index in [1.165, 1.54) is 0 Å². The summed E-state index contributed by atoms with van der Waals surface area (Å²) in [5.41, 5.74) is 9.33. The maximum Gasteiger partial charge on any atom is 0.203 e. The number of hydrogen-bond donors (Lipinski definition) is 1. The highest BCUT2D eigenvalue weighted by Gasteiger charge is 2.14. The number of anilines is 1. The largest absolute Gasteiger partial charge is 0.550 e. The van der Waals surface area contributed by atoms with Crippen LogP contribution >= 0.6 is 0 Å². The van der Waals surface area contributed by atoms with E-state index in [1.807, 2.05) is 36.4 Å². The van der Waals surface area contributed by atoms with Gasteiger partial charge in [-0.25, -0.2) is 9.56 Å². The van der Waals surface area contributed by atoms with Gasteiger partial charge in [0.2, 0.25) is 5.36 Å². The van der Waals surface area contributed by atoms with Crippen molar-refractivity contribution in [3.8, 4) is 11.5 Å². The molecule has 0 fully saturated rings. The molecule has 144 valence electrons. The fraction of sp³-hybridized carbons (Fsp3) is 0.227. The summed E-state index contributed by atoms with van der Waals surface area (Å²) in [4.78, 5) is 13.7. The van der Waals surface area contributed by atoms with Gasteiger partial charge in [-0.05, 0) is 26.8 Å². The molecule has 1 heterocycles. The molecule has 28 heavy (non-hydrogen) atoms. The number of hydrogen-bond acceptors (Lipinski definition) is 5. The number of fused-ring (bicyclic) bond motifs is 4. The molecule has 0 atom stereocenters. The Hall–Kier alpha value is -3.41. The van der Waals surface area contributed by atoms with Crippen LogP contribution in [0.4, 0.5) is 5.69 Å². The SMILES string of the molecule is CC(=O)[O-].CC[N+](CC)=c1ccc2nc3c(cc(N)c4ccccc43)oc-2c1. The van der Waals surface area contributed by atoms with Crippen molar-refractivity contribution in [2.24, 2.45) is 0 Å². The lowest BCUT2D eigenvalue weighted by Gasteiger charge is -2.10. The van der Waals surface area contributed by atoms with Gasteiger partial charge < -0.3 is 20.1 Å². The second kappa shape index (κ2) is 8.08. The summed E-state index contributed by atoms with van der Waals surface area (Å²) in [6, 6.07) is 16.1. The number of nitrogens with two attached hydrogens (primary N) is 1. The summed E-state index contributed by atoms with van der Waals surface area (Å²) in [5.74, 6) is -0.304. The standard InChI is InChI=1S/C20H19N3O.C2H4O2/c1-3-23(4-2)13-9-10-17-18(11-13)24-19-12-16(21)14-7-5-6-8-15(14)20(19)22-17;1-2(3)4/h5-12,21H,3-4H2,1-2H3;1H3,(H,3,4). The van der Waals surface area contributed by atoms with E-state index in [1.54, 1.807) is 0 Å². The average molecular weight is 377 g/mol. The van der Waals surface area contributed by atoms with Gasteiger partial charge in [0, 0.05) is 34.6 Å². The molecule has 2 aliphatic rings. The maximum atomic E-state index is 8.89. The Labute approximate surface area is 162 Å². The molecule has 1 aliphatic carbocycles. The van der Waals surface area contributed by atoms with Crippen LogP contribution in [0.25, 0.3) is 33.3 Å². The van der Waals surface area contributed by atoms with E-state index in [-0.39, 0.29) is 0 Å². The number of aromatic nitrogens is 1. The molecule has 0 saturated carbocycles. The number of carbonyl (C=O) groups excluding carboxylic acids is 1. The van der Waals surface area contributed by atoms with Gasteiger partial charge in [-0.2, -0.15) is 0 Å². The predicted molar refractivity (Wildman–Crippen MR) is 110 cm³/mol. The Morgan fingerprint density at radius 2 is 1.75 bits per heavy atom. The summed E-state index contributed by atoms with van der Waals surface area (Å²) in [7, 11) is 0. The van der Waals surface area contributed by atoms with Gasteiger partial charge >= 0.3 is 0 Å². The van der Waals surface area contributed by atoms with Gasteiger partial charge in [0.15, 0.2) is 11.3 Å². The van der Waals surface area contributed by atoms with E-state index in [2.05, 4.69) is 30.6 Å². The highest BCUT2D eigenvalue weighted by Crippen LogP contribution is 2.32. The molecule has 1 aliphatic heterocycles. The second-order valence-electron chi connectivity index (χ2n) is 6.39. The number of carboxylic acids is 1. The minimum atomic E-state index is -1.08. The molecule has 2 N–H and O–H groups in total. The molecule has 6 nitrogen and oxygen atoms in total. The van der Waals surface area contributed by atoms with Crippen LogP contribution in [-0.2, 0) is 4.79 Å². The monoisotopic (exact) mass is 377 g/mol. The van der Waals surface area contributed by atoms with Crippen molar-refractivity contribution < 1.29 is 14.3 Å². The number of rotatable bonds is 2. The quantitative estimate of drug-likeness (QED) is 0.250. The molecular formula is C22H23N3O3. The molecule has 0 spiro atoms. The first-order chi connectivity index (χ1) is 13.4. The highest BCUT2D eigenvalue weighted by atomic mass is 16.4. The summed E-state index contributed by atoms with van der Waals surface area (Å²) >= 11 is 0. The molecule has 0 saturated heterocycles. The third-order valence-corrected chi connectivity index (χ3v) is 4.54. The van der Waals surface area contributed by atoms with Gasteiger partial charge in [0.05, 0.1) is 6.07 Å². The number of nitrogen functional groups attached to an aromatic ring is 1. The van der Waals surface area contributed by atoms with E-state index in [0.29, 0.717) is 5.69 Å². The minimum Gasteiger partial charge on any atom is -0.550 e. The van der Waals surface area contributed by atoms with Crippen LogP contribution in [0.15, 0.2) is 52.9 Å². The summed E-state index contributed by atoms with van der Waals surface area (Å²) in [5, 5.41) is 12.1. The number of benzene rings is 3. The number of nitrogens with zero attached hydrogens (tertiary/aromatic N) is 2. The smallest absolute Gasteiger partial charge is 0.203 e. The zero-order chi connectivity index (χ0) is 20.3. The van der Waals surface area contributed by atoms with Crippen molar-refractivity contribution in [3.63, 3.8) is 0 Å². The first kappa shape index (κ1) is 19.4. The van der Waals surface area contributed by atoms with Crippen LogP contribution in [0.3, 0.4) is 0 Å². The third-order valence-electron chi connectivity index (χ3n) is 4.54. The Morgan fingerprint density at radius 3 is 2.39 bits per heavy atom. The van der Waals surface area contributed by atoms with E-state index < -0.39 is 5.97 Å². The molecule has 0 radical (unpaired) electrons. The lowest BCUT2D eigenvalue weighted by molar-refractivity contribution is -0.302. The van der Waals surface area contributed by atoms with E-state index in [4.69, 9.17) is 25.0 Å². The van der Waals surface area contributed by atoms with Crippen molar-refractivity contribution in [1.29, 1.82) is 0 Å². The minimum absolute atomic E-state index is 0.711. The van der Waals surface area contributed by atoms with E-state index >= 15 is 0 Å². The molecule has 6 heteroatoms. The summed E-state index contributed by atoms with van der Waals surface area (Å²) in [6.45, 7) is 7.19. The molecule has 0 amide bonds. The summed E-state index contributed by atoms with van der Waals surface area (Å²) in [6.07, 6.45) is 0. The van der Waals surface area contributed by atoms with Gasteiger partial charge in [-0.3, -0.25) is 0 Å². The molecule has 2 aromatic carbocycles. The molecule has 2 aromatic rings. The Bertz CT molecular complexity index is 1180. The first-order valence-corrected chi connectivity index (χ1v) is 9.22. The van der Waals surface area contributed by atoms with Crippen LogP contribution in [0.5, 0.6) is 0 Å². The third kappa shape index (κ3) is 3.81. The highest BCUT2D eigenvalue weighted by molar-refractivity contribution is 6.09. The zero-order valence-corrected chi connectivity index (χ0v) is 16.2. The lowest BCUT2D eigenvalue weighted by Crippen LogP contribution is -2.29. The Morgan fingerprint density at radius 1 is 1.11 bits per heavy atom. The van der Waals surface area contributed by atoms with Crippen molar-refractivity contribution >= 4 is 33.5 Å². The number of aliphatic carboxylic acids is 1. The average Bonchev–Trinajstić information content (AvgIpc) is 2.67. The van der Waals surface area contributed by atoms with Gasteiger partial charge in [-0.15, -0.1) is 0 Å². The fourth-order valence-corrected chi connectivity index (χ4v) is 3.26. The van der Waals surface area contributed by atoms with Gasteiger partial charge in [0.25, 0.3) is 0 Å². The van der Waals surface area contributed by atoms with Crippen molar-refractivity contribution in [1.82, 2.24) is 9.56 Å². The predicted octanol–water partition coefficient (Wildman–Crippen LogP) is 2.24. The molecule has 4 rings (SSSR count). The zero-order valence-electron chi connectivity index (χ0n) is 16.2. The van der Waals surface area contributed by atoms with Crippen molar-refractivity contribution in [3.05, 3.63) is 53.9 Å². The van der Waals surface area contributed by atoms with Crippen LogP contribution in [-0.4, -0.2) is 24.0 Å². The van der Waals surface area contributed by atoms with Crippen LogP contribution in [0.1, 0.15) is 20.8 Å². The van der Waals surface area contributed by atoms with E-state index in [9.17, 15) is 0 Å². The summed E-state index contributed by atoms with van der Waals surface area (Å²) < 4.78 is 8.43. The van der Waals surface area contributed by atoms with Gasteiger partial charge in [0.1, 0.15) is 24.3 Å². The topological polar surface area (TPSA) is 95.2 Å². The maximum absolute atomic E-state index is 8.89. The van der Waals surface area contributed by atoms with Crippen LogP contribution in [0.2, 0.25) is 0 Å². The molecular weight excluding hydrogens is 354 g/mol. The molecule has 0 bridgehead atoms. The lowest BCUT2D eigenvalue weighted by atomic mass is 10.1. The van der Waals surface area contributed by atoms with Gasteiger partial charge in [-0.1, -0.05) is 24.3 Å². The van der Waals surface area contributed by atoms with Crippen molar-refractivity contribution in [2.45, 2.75) is 20.8 Å². The first-order valence-electron chi connectivity index (χ1n) is 9.22. The molecule has 0 unspecified atom stereocenters. The number of carbonyl (C=O) groups is 1. The van der Waals surface area contributed by atoms with Crippen LogP contribution < -0.4 is 20.8 Å². The van der Waals surface area contributed by atoms with Crippen molar-refractivity contribution in [2.75, 3.05) is 18.8 Å².